The summed E-state index contributed by atoms with van der Waals surface area (Å²) >= 11 is 0. The number of hydrogen-bond acceptors (Lipinski definition) is 8. The molecule has 2 aromatic heterocycles. The van der Waals surface area contributed by atoms with E-state index >= 15 is 0 Å². The quantitative estimate of drug-likeness (QED) is 0.458. The lowest BCUT2D eigenvalue weighted by Gasteiger charge is -2.13. The van der Waals surface area contributed by atoms with Crippen molar-refractivity contribution < 1.29 is 14.2 Å². The van der Waals surface area contributed by atoms with Gasteiger partial charge in [-0.1, -0.05) is 6.07 Å². The van der Waals surface area contributed by atoms with Crippen molar-refractivity contribution in [3.8, 4) is 17.2 Å². The number of methoxy groups -OCH3 is 3. The Labute approximate surface area is 185 Å². The smallest absolute Gasteiger partial charge is 0.226 e. The number of rotatable bonds is 7. The summed E-state index contributed by atoms with van der Waals surface area (Å²) in [4.78, 5) is 9.77. The van der Waals surface area contributed by atoms with Crippen LogP contribution in [0.15, 0.2) is 36.4 Å². The third-order valence-electron chi connectivity index (χ3n) is 5.86. The molecule has 1 saturated heterocycles. The molecule has 0 aliphatic carbocycles. The van der Waals surface area contributed by atoms with Crippen LogP contribution in [0.4, 0.5) is 5.95 Å². The van der Waals surface area contributed by atoms with Gasteiger partial charge in [0.15, 0.2) is 11.5 Å². The molecule has 32 heavy (non-hydrogen) atoms. The molecule has 2 N–H and O–H groups in total. The van der Waals surface area contributed by atoms with E-state index in [1.165, 1.54) is 0 Å². The maximum atomic E-state index is 5.57. The molecule has 5 rings (SSSR count). The van der Waals surface area contributed by atoms with E-state index in [1.54, 1.807) is 25.8 Å². The number of nitrogens with one attached hydrogen (secondary N) is 2. The predicted octanol–water partition coefficient (Wildman–Crippen LogP) is 2.99. The van der Waals surface area contributed by atoms with Crippen LogP contribution in [0.3, 0.4) is 0 Å². The van der Waals surface area contributed by atoms with Gasteiger partial charge in [0.1, 0.15) is 22.8 Å². The van der Waals surface area contributed by atoms with Gasteiger partial charge >= 0.3 is 0 Å². The number of fused-ring (bicyclic) bond motifs is 3. The number of hydrogen-bond donors (Lipinski definition) is 2. The molecule has 9 heteroatoms. The van der Waals surface area contributed by atoms with Crippen LogP contribution in [-0.2, 0) is 6.54 Å². The summed E-state index contributed by atoms with van der Waals surface area (Å²) in [5, 5.41) is 12.5. The topological polar surface area (TPSA) is 94.8 Å². The van der Waals surface area contributed by atoms with Crippen LogP contribution in [0.5, 0.6) is 17.2 Å². The Balaban J connectivity index is 1.59. The highest BCUT2D eigenvalue weighted by Crippen LogP contribution is 2.31. The minimum Gasteiger partial charge on any atom is -0.497 e. The van der Waals surface area contributed by atoms with Crippen LogP contribution in [-0.4, -0.2) is 54.0 Å². The second-order valence-electron chi connectivity index (χ2n) is 7.72. The first-order valence-electron chi connectivity index (χ1n) is 10.6. The first-order chi connectivity index (χ1) is 15.7. The maximum absolute atomic E-state index is 5.57. The highest BCUT2D eigenvalue weighted by Gasteiger charge is 2.23. The fourth-order valence-electron chi connectivity index (χ4n) is 4.12. The van der Waals surface area contributed by atoms with Crippen molar-refractivity contribution in [3.63, 3.8) is 0 Å². The molecule has 4 aromatic rings. The van der Waals surface area contributed by atoms with E-state index in [-0.39, 0.29) is 0 Å². The van der Waals surface area contributed by atoms with E-state index in [2.05, 4.69) is 10.6 Å². The highest BCUT2D eigenvalue weighted by atomic mass is 16.5. The van der Waals surface area contributed by atoms with Gasteiger partial charge in [0.05, 0.1) is 21.3 Å². The van der Waals surface area contributed by atoms with Crippen molar-refractivity contribution in [2.75, 3.05) is 39.7 Å². The van der Waals surface area contributed by atoms with Crippen LogP contribution in [0.2, 0.25) is 0 Å². The molecule has 9 nitrogen and oxygen atoms in total. The summed E-state index contributed by atoms with van der Waals surface area (Å²) in [6, 6.07) is 11.6. The van der Waals surface area contributed by atoms with Crippen molar-refractivity contribution in [2.24, 2.45) is 0 Å². The monoisotopic (exact) mass is 434 g/mol. The van der Waals surface area contributed by atoms with Crippen LogP contribution in [0, 0.1) is 0 Å². The average molecular weight is 435 g/mol. The number of aromatic nitrogens is 4. The Morgan fingerprint density at radius 1 is 1.06 bits per heavy atom. The molecular weight excluding hydrogens is 408 g/mol. The molecule has 0 saturated carbocycles. The molecule has 0 unspecified atom stereocenters. The largest absolute Gasteiger partial charge is 0.497 e. The van der Waals surface area contributed by atoms with Crippen molar-refractivity contribution in [1.29, 1.82) is 0 Å². The molecule has 0 bridgehead atoms. The van der Waals surface area contributed by atoms with E-state index < -0.39 is 0 Å². The molecule has 1 aliphatic rings. The van der Waals surface area contributed by atoms with Gasteiger partial charge in [0, 0.05) is 36.0 Å². The van der Waals surface area contributed by atoms with Gasteiger partial charge in [0.2, 0.25) is 5.95 Å². The Hall–Kier alpha value is -3.59. The fraction of sp³-hybridized carbons (Fsp3) is 0.348. The third-order valence-corrected chi connectivity index (χ3v) is 5.86. The summed E-state index contributed by atoms with van der Waals surface area (Å²) in [5.74, 6) is 3.90. The fourth-order valence-corrected chi connectivity index (χ4v) is 4.12. The lowest BCUT2D eigenvalue weighted by atomic mass is 10.1. The van der Waals surface area contributed by atoms with E-state index in [4.69, 9.17) is 29.3 Å². The van der Waals surface area contributed by atoms with E-state index in [0.717, 1.165) is 58.9 Å². The first-order valence-corrected chi connectivity index (χ1v) is 10.6. The third kappa shape index (κ3) is 3.54. The van der Waals surface area contributed by atoms with Crippen molar-refractivity contribution in [2.45, 2.75) is 18.9 Å². The van der Waals surface area contributed by atoms with Crippen molar-refractivity contribution in [1.82, 2.24) is 24.9 Å². The molecule has 0 radical (unpaired) electrons. The average Bonchev–Trinajstić information content (AvgIpc) is 3.52. The molecule has 1 atom stereocenters. The second-order valence-corrected chi connectivity index (χ2v) is 7.72. The number of anilines is 1. The van der Waals surface area contributed by atoms with E-state index in [0.29, 0.717) is 24.2 Å². The highest BCUT2D eigenvalue weighted by molar-refractivity contribution is 5.96. The zero-order valence-electron chi connectivity index (χ0n) is 18.4. The summed E-state index contributed by atoms with van der Waals surface area (Å²) in [6.07, 6.45) is 1.03. The van der Waals surface area contributed by atoms with Gasteiger partial charge in [-0.2, -0.15) is 4.52 Å². The molecule has 0 spiro atoms. The molecule has 166 valence electrons. The van der Waals surface area contributed by atoms with Gasteiger partial charge < -0.3 is 24.8 Å². The van der Waals surface area contributed by atoms with Gasteiger partial charge in [0.25, 0.3) is 0 Å². The van der Waals surface area contributed by atoms with Crippen molar-refractivity contribution >= 4 is 22.5 Å². The molecule has 1 fully saturated rings. The summed E-state index contributed by atoms with van der Waals surface area (Å²) in [6.45, 7) is 2.36. The van der Waals surface area contributed by atoms with E-state index in [1.807, 2.05) is 36.4 Å². The zero-order valence-corrected chi connectivity index (χ0v) is 18.4. The number of benzene rings is 2. The van der Waals surface area contributed by atoms with Gasteiger partial charge in [-0.05, 0) is 37.2 Å². The summed E-state index contributed by atoms with van der Waals surface area (Å²) < 4.78 is 18.2. The van der Waals surface area contributed by atoms with Gasteiger partial charge in [-0.3, -0.25) is 0 Å². The molecule has 3 heterocycles. The first kappa shape index (κ1) is 20.3. The number of para-hydroxylation sites is 1. The number of nitrogens with zero attached hydrogens (tertiary/aromatic N) is 4. The van der Waals surface area contributed by atoms with Crippen LogP contribution < -0.4 is 24.8 Å². The minimum absolute atomic E-state index is 0.296. The molecular formula is C23H26N6O3. The van der Waals surface area contributed by atoms with Crippen LogP contribution in [0.25, 0.3) is 16.6 Å². The standard InChI is InChI=1S/C23H26N6O3/c1-30-16-8-7-14(19(11-16)32-3)13-25-23-26-20-17(5-4-6-18(20)31-2)22-27-21(28-29(22)23)15-9-10-24-12-15/h4-8,11,15,24H,9-10,12-13H2,1-3H3,(H,25,26)/t15-/m1/s1. The SMILES string of the molecule is COc1ccc(CNc2nc3c(OC)cccc3c3nc([C@@H]4CCNC4)nn23)c(OC)c1. The minimum atomic E-state index is 0.296. The molecule has 0 amide bonds. The van der Waals surface area contributed by atoms with Crippen LogP contribution in [0.1, 0.15) is 23.7 Å². The van der Waals surface area contributed by atoms with Gasteiger partial charge in [-0.15, -0.1) is 5.10 Å². The second kappa shape index (κ2) is 8.51. The Morgan fingerprint density at radius 2 is 1.94 bits per heavy atom. The maximum Gasteiger partial charge on any atom is 0.226 e. The Kier molecular flexibility index (Phi) is 5.40. The predicted molar refractivity (Wildman–Crippen MR) is 122 cm³/mol. The van der Waals surface area contributed by atoms with Crippen molar-refractivity contribution in [3.05, 3.63) is 47.8 Å². The van der Waals surface area contributed by atoms with Crippen LogP contribution >= 0.6 is 0 Å². The lowest BCUT2D eigenvalue weighted by molar-refractivity contribution is 0.391. The summed E-state index contributed by atoms with van der Waals surface area (Å²) in [5.41, 5.74) is 2.49. The van der Waals surface area contributed by atoms with E-state index in [9.17, 15) is 0 Å². The lowest BCUT2D eigenvalue weighted by Crippen LogP contribution is -2.10. The number of ether oxygens (including phenoxy) is 3. The van der Waals surface area contributed by atoms with Gasteiger partial charge in [-0.25, -0.2) is 9.97 Å². The zero-order chi connectivity index (χ0) is 22.1. The Morgan fingerprint density at radius 3 is 2.69 bits per heavy atom. The molecule has 2 aromatic carbocycles. The molecule has 1 aliphatic heterocycles. The summed E-state index contributed by atoms with van der Waals surface area (Å²) in [7, 11) is 4.93. The normalized spacial score (nSPS) is 15.9. The Bertz CT molecular complexity index is 1270.